The highest BCUT2D eigenvalue weighted by molar-refractivity contribution is 7.92. The zero-order valence-electron chi connectivity index (χ0n) is 21.3. The summed E-state index contributed by atoms with van der Waals surface area (Å²) in [7, 11) is -3.28. The molecule has 0 unspecified atom stereocenters. The molecule has 8 nitrogen and oxygen atoms in total. The maximum Gasteiger partial charge on any atom is 0.229 e. The molecule has 2 heterocycles. The second-order valence-corrected chi connectivity index (χ2v) is 11.1. The molecule has 1 saturated heterocycles. The van der Waals surface area contributed by atoms with Crippen molar-refractivity contribution >= 4 is 32.4 Å². The summed E-state index contributed by atoms with van der Waals surface area (Å²) in [6.45, 7) is 7.34. The average molecular weight is 520 g/mol. The second-order valence-electron chi connectivity index (χ2n) is 9.39. The van der Waals surface area contributed by atoms with Crippen molar-refractivity contribution in [3.8, 4) is 17.1 Å². The molecule has 0 atom stereocenters. The fraction of sp³-hybridized carbons (Fsp3) is 0.321. The number of aromatic nitrogens is 2. The van der Waals surface area contributed by atoms with Gasteiger partial charge in [-0.2, -0.15) is 0 Å². The number of ether oxygens (including phenoxy) is 1. The van der Waals surface area contributed by atoms with Gasteiger partial charge in [0.05, 0.1) is 17.5 Å². The highest BCUT2D eigenvalue weighted by Gasteiger charge is 2.20. The molecule has 3 aromatic carbocycles. The highest BCUT2D eigenvalue weighted by Crippen LogP contribution is 2.29. The van der Waals surface area contributed by atoms with E-state index in [1.165, 1.54) is 11.3 Å². The van der Waals surface area contributed by atoms with E-state index in [0.717, 1.165) is 73.6 Å². The molecule has 0 saturated carbocycles. The monoisotopic (exact) mass is 519 g/mol. The molecular formula is C28H33N5O3S. The molecule has 0 bridgehead atoms. The maximum absolute atomic E-state index is 11.3. The highest BCUT2D eigenvalue weighted by atomic mass is 32.2. The largest absolute Gasteiger partial charge is 0.492 e. The number of hydrogen-bond acceptors (Lipinski definition) is 6. The Morgan fingerprint density at radius 2 is 1.76 bits per heavy atom. The number of fused-ring (bicyclic) bond motifs is 1. The molecule has 9 heteroatoms. The molecule has 2 N–H and O–H groups in total. The van der Waals surface area contributed by atoms with Gasteiger partial charge in [0.1, 0.15) is 23.7 Å². The molecule has 0 spiro atoms. The molecule has 194 valence electrons. The number of sulfonamides is 1. The zero-order chi connectivity index (χ0) is 25.8. The molecule has 1 aromatic heterocycles. The van der Waals surface area contributed by atoms with Crippen molar-refractivity contribution in [3.05, 3.63) is 72.3 Å². The second kappa shape index (κ2) is 10.8. The van der Waals surface area contributed by atoms with Crippen LogP contribution < -0.4 is 14.4 Å². The van der Waals surface area contributed by atoms with Gasteiger partial charge in [0, 0.05) is 44.0 Å². The van der Waals surface area contributed by atoms with E-state index in [9.17, 15) is 8.42 Å². The number of anilines is 2. The van der Waals surface area contributed by atoms with Crippen molar-refractivity contribution in [1.82, 2.24) is 14.9 Å². The molecule has 1 aliphatic heterocycles. The van der Waals surface area contributed by atoms with Crippen molar-refractivity contribution in [1.29, 1.82) is 0 Å². The van der Waals surface area contributed by atoms with Crippen molar-refractivity contribution in [2.45, 2.75) is 13.3 Å². The van der Waals surface area contributed by atoms with Crippen LogP contribution in [0.25, 0.3) is 22.4 Å². The Bertz CT molecular complexity index is 1460. The number of piperazine rings is 1. The molecular weight excluding hydrogens is 486 g/mol. The smallest absolute Gasteiger partial charge is 0.229 e. The number of rotatable bonds is 9. The first-order valence-electron chi connectivity index (χ1n) is 12.6. The van der Waals surface area contributed by atoms with Crippen molar-refractivity contribution in [2.24, 2.45) is 0 Å². The van der Waals surface area contributed by atoms with Crippen molar-refractivity contribution in [2.75, 3.05) is 55.2 Å². The normalized spacial score (nSPS) is 14.7. The van der Waals surface area contributed by atoms with Gasteiger partial charge in [-0.1, -0.05) is 31.2 Å². The van der Waals surface area contributed by atoms with Gasteiger partial charge in [-0.3, -0.25) is 9.62 Å². The number of hydrogen-bond donors (Lipinski definition) is 2. The fourth-order valence-corrected chi connectivity index (χ4v) is 5.25. The Morgan fingerprint density at radius 1 is 1.00 bits per heavy atom. The predicted molar refractivity (Wildman–Crippen MR) is 150 cm³/mol. The Hall–Kier alpha value is -3.56. The molecule has 0 amide bonds. The summed E-state index contributed by atoms with van der Waals surface area (Å²) in [5, 5.41) is 0. The minimum absolute atomic E-state index is 0.527. The minimum atomic E-state index is -3.28. The first-order chi connectivity index (χ1) is 17.9. The summed E-state index contributed by atoms with van der Waals surface area (Å²) < 4.78 is 31.0. The third kappa shape index (κ3) is 6.23. The molecule has 37 heavy (non-hydrogen) atoms. The quantitative estimate of drug-likeness (QED) is 0.341. The fourth-order valence-electron chi connectivity index (χ4n) is 4.69. The van der Waals surface area contributed by atoms with E-state index in [2.05, 4.69) is 68.9 Å². The topological polar surface area (TPSA) is 90.6 Å². The molecule has 5 rings (SSSR count). The van der Waals surface area contributed by atoms with Crippen LogP contribution in [0.3, 0.4) is 0 Å². The lowest BCUT2D eigenvalue weighted by Gasteiger charge is -2.36. The van der Waals surface area contributed by atoms with Gasteiger partial charge in [0.2, 0.25) is 10.0 Å². The summed E-state index contributed by atoms with van der Waals surface area (Å²) in [5.74, 6) is 1.64. The van der Waals surface area contributed by atoms with Gasteiger partial charge in [-0.25, -0.2) is 13.4 Å². The van der Waals surface area contributed by atoms with E-state index in [-0.39, 0.29) is 0 Å². The Balaban J connectivity index is 1.16. The zero-order valence-corrected chi connectivity index (χ0v) is 22.1. The molecule has 1 fully saturated rings. The van der Waals surface area contributed by atoms with Gasteiger partial charge in [0.15, 0.2) is 0 Å². The first kappa shape index (κ1) is 25.1. The van der Waals surface area contributed by atoms with Gasteiger partial charge < -0.3 is 14.6 Å². The van der Waals surface area contributed by atoms with Gasteiger partial charge in [-0.05, 0) is 54.4 Å². The van der Waals surface area contributed by atoms with Gasteiger partial charge in [-0.15, -0.1) is 0 Å². The number of nitrogens with zero attached hydrogens (tertiary/aromatic N) is 3. The standard InChI is InChI=1S/C28H33N5O3S/c1-3-21-6-4-7-22(20-21)28-29-25-8-5-9-26(27(25)30-28)33-16-14-32(15-17-33)18-19-36-24-12-10-23(11-13-24)31-37(2,34)35/h4-13,20,31H,3,14-19H2,1-2H3,(H,29,30). The number of imidazole rings is 1. The summed E-state index contributed by atoms with van der Waals surface area (Å²) in [6.07, 6.45) is 2.14. The van der Waals surface area contributed by atoms with Crippen molar-refractivity contribution in [3.63, 3.8) is 0 Å². The van der Waals surface area contributed by atoms with E-state index < -0.39 is 10.0 Å². The number of aryl methyl sites for hydroxylation is 1. The maximum atomic E-state index is 11.3. The molecule has 0 radical (unpaired) electrons. The number of benzene rings is 3. The molecule has 0 aliphatic carbocycles. The Morgan fingerprint density at radius 3 is 2.49 bits per heavy atom. The van der Waals surface area contributed by atoms with Crippen LogP contribution in [0, 0.1) is 0 Å². The van der Waals surface area contributed by atoms with Gasteiger partial charge >= 0.3 is 0 Å². The van der Waals surface area contributed by atoms with E-state index in [0.29, 0.717) is 12.3 Å². The van der Waals surface area contributed by atoms with E-state index in [4.69, 9.17) is 9.72 Å². The van der Waals surface area contributed by atoms with Crippen LogP contribution in [0.2, 0.25) is 0 Å². The van der Waals surface area contributed by atoms with Crippen LogP contribution >= 0.6 is 0 Å². The Kier molecular flexibility index (Phi) is 7.34. The summed E-state index contributed by atoms with van der Waals surface area (Å²) >= 11 is 0. The third-order valence-corrected chi connectivity index (χ3v) is 7.25. The van der Waals surface area contributed by atoms with Crippen LogP contribution in [0.15, 0.2) is 66.7 Å². The summed E-state index contributed by atoms with van der Waals surface area (Å²) in [5.41, 5.74) is 6.20. The van der Waals surface area contributed by atoms with E-state index in [1.54, 1.807) is 24.3 Å². The minimum Gasteiger partial charge on any atom is -0.492 e. The molecule has 1 aliphatic rings. The van der Waals surface area contributed by atoms with Crippen LogP contribution in [-0.2, 0) is 16.4 Å². The van der Waals surface area contributed by atoms with E-state index in [1.807, 2.05) is 0 Å². The molecule has 4 aromatic rings. The lowest BCUT2D eigenvalue weighted by atomic mass is 10.1. The van der Waals surface area contributed by atoms with Crippen LogP contribution in [0.4, 0.5) is 11.4 Å². The number of nitrogens with one attached hydrogen (secondary N) is 2. The van der Waals surface area contributed by atoms with Crippen LogP contribution in [0.5, 0.6) is 5.75 Å². The predicted octanol–water partition coefficient (Wildman–Crippen LogP) is 4.36. The average Bonchev–Trinajstić information content (AvgIpc) is 3.34. The lowest BCUT2D eigenvalue weighted by molar-refractivity contribution is 0.200. The SMILES string of the molecule is CCc1cccc(-c2nc3c(N4CCN(CCOc5ccc(NS(C)(=O)=O)cc5)CC4)cccc3[nH]2)c1. The summed E-state index contributed by atoms with van der Waals surface area (Å²) in [4.78, 5) is 13.3. The number of H-pyrrole nitrogens is 1. The van der Waals surface area contributed by atoms with Crippen LogP contribution in [0.1, 0.15) is 12.5 Å². The van der Waals surface area contributed by atoms with E-state index >= 15 is 0 Å². The lowest BCUT2D eigenvalue weighted by Crippen LogP contribution is -2.47. The van der Waals surface area contributed by atoms with Gasteiger partial charge in [0.25, 0.3) is 0 Å². The number of para-hydroxylation sites is 1. The first-order valence-corrected chi connectivity index (χ1v) is 14.5. The number of aromatic amines is 1. The van der Waals surface area contributed by atoms with Crippen LogP contribution in [-0.4, -0.2) is 68.9 Å². The third-order valence-electron chi connectivity index (χ3n) is 6.65. The Labute approximate surface area is 218 Å². The summed E-state index contributed by atoms with van der Waals surface area (Å²) in [6, 6.07) is 21.9. The van der Waals surface area contributed by atoms with Crippen molar-refractivity contribution < 1.29 is 13.2 Å².